The highest BCUT2D eigenvalue weighted by molar-refractivity contribution is 5.98. The number of carbonyl (C=O) groups excluding carboxylic acids is 1. The number of benzene rings is 2. The number of amides is 1. The summed E-state index contributed by atoms with van der Waals surface area (Å²) in [4.78, 5) is 43.8. The summed E-state index contributed by atoms with van der Waals surface area (Å²) in [6, 6.07) is 15.8. The minimum atomic E-state index is -0.744. The molecular weight excluding hydrogens is 336 g/mol. The van der Waals surface area contributed by atoms with Crippen molar-refractivity contribution >= 4 is 22.5 Å². The molecule has 0 aliphatic heterocycles. The van der Waals surface area contributed by atoms with E-state index in [1.54, 1.807) is 31.2 Å². The van der Waals surface area contributed by atoms with Crippen LogP contribution in [0.4, 0.5) is 0 Å². The number of fused-ring (bicyclic) bond motifs is 1. The van der Waals surface area contributed by atoms with Crippen LogP contribution >= 0.6 is 0 Å². The smallest absolute Gasteiger partial charge is 0.348 e. The molecule has 0 aliphatic rings. The Morgan fingerprint density at radius 1 is 1.12 bits per heavy atom. The Hall–Kier alpha value is -3.68. The second-order valence-corrected chi connectivity index (χ2v) is 5.47. The van der Waals surface area contributed by atoms with Crippen LogP contribution in [0.2, 0.25) is 0 Å². The third kappa shape index (κ3) is 3.69. The van der Waals surface area contributed by atoms with Gasteiger partial charge < -0.3 is 9.82 Å². The van der Waals surface area contributed by atoms with Crippen LogP contribution < -0.4 is 16.7 Å². The number of aromatic nitrogens is 2. The van der Waals surface area contributed by atoms with Gasteiger partial charge in [0.15, 0.2) is 6.61 Å². The van der Waals surface area contributed by atoms with Crippen molar-refractivity contribution in [2.45, 2.75) is 6.92 Å². The zero-order valence-electron chi connectivity index (χ0n) is 13.9. The topological polar surface area (TPSA) is 106 Å². The maximum atomic E-state index is 12.3. The van der Waals surface area contributed by atoms with Gasteiger partial charge in [0.1, 0.15) is 0 Å². The van der Waals surface area contributed by atoms with Crippen LogP contribution in [0.25, 0.3) is 10.9 Å². The maximum Gasteiger partial charge on any atom is 0.348 e. The lowest BCUT2D eigenvalue weighted by Gasteiger charge is -2.07. The number of oxime groups is 1. The zero-order chi connectivity index (χ0) is 18.5. The molecular formula is C18H16N4O4. The van der Waals surface area contributed by atoms with Crippen molar-refractivity contribution < 1.29 is 9.63 Å². The van der Waals surface area contributed by atoms with Gasteiger partial charge in [0, 0.05) is 0 Å². The molecule has 3 aromatic rings. The molecule has 0 atom stereocenters. The largest absolute Gasteiger partial charge is 0.385 e. The third-order valence-corrected chi connectivity index (χ3v) is 3.63. The molecule has 0 radical (unpaired) electrons. The Balaban J connectivity index is 1.70. The van der Waals surface area contributed by atoms with Gasteiger partial charge in [0.2, 0.25) is 0 Å². The molecule has 1 aromatic heterocycles. The molecule has 0 aliphatic carbocycles. The molecule has 3 rings (SSSR count). The predicted octanol–water partition coefficient (Wildman–Crippen LogP) is 1.20. The fourth-order valence-corrected chi connectivity index (χ4v) is 2.34. The van der Waals surface area contributed by atoms with Crippen LogP contribution in [-0.2, 0) is 9.63 Å². The lowest BCUT2D eigenvalue weighted by Crippen LogP contribution is -2.44. The third-order valence-electron chi connectivity index (χ3n) is 3.63. The minimum Gasteiger partial charge on any atom is -0.385 e. The Bertz CT molecular complexity index is 1080. The fourth-order valence-electron chi connectivity index (χ4n) is 2.34. The van der Waals surface area contributed by atoms with Crippen molar-refractivity contribution in [3.8, 4) is 0 Å². The lowest BCUT2D eigenvalue weighted by molar-refractivity contribution is -0.121. The van der Waals surface area contributed by atoms with Gasteiger partial charge in [-0.15, -0.1) is 0 Å². The molecule has 2 N–H and O–H groups in total. The number of carbonyl (C=O) groups is 1. The maximum absolute atomic E-state index is 12.3. The number of hydrogen-bond acceptors (Lipinski definition) is 5. The molecule has 1 amide bonds. The number of aromatic amines is 1. The van der Waals surface area contributed by atoms with E-state index in [1.807, 2.05) is 30.3 Å². The van der Waals surface area contributed by atoms with E-state index in [4.69, 9.17) is 4.84 Å². The van der Waals surface area contributed by atoms with Crippen molar-refractivity contribution in [2.24, 2.45) is 5.16 Å². The Morgan fingerprint density at radius 2 is 1.81 bits per heavy atom. The van der Waals surface area contributed by atoms with Gasteiger partial charge in [-0.2, -0.15) is 4.68 Å². The summed E-state index contributed by atoms with van der Waals surface area (Å²) in [7, 11) is 0. The number of nitrogens with zero attached hydrogens (tertiary/aromatic N) is 2. The molecule has 0 saturated carbocycles. The van der Waals surface area contributed by atoms with Gasteiger partial charge in [-0.3, -0.25) is 15.0 Å². The van der Waals surface area contributed by atoms with Gasteiger partial charge >= 0.3 is 5.69 Å². The molecule has 2 aromatic carbocycles. The number of H-pyrrole nitrogens is 1. The number of nitrogens with one attached hydrogen (secondary N) is 2. The van der Waals surface area contributed by atoms with E-state index in [2.05, 4.69) is 15.6 Å². The molecule has 132 valence electrons. The highest BCUT2D eigenvalue weighted by Crippen LogP contribution is 2.03. The van der Waals surface area contributed by atoms with Gasteiger partial charge in [-0.1, -0.05) is 47.6 Å². The first-order chi connectivity index (χ1) is 12.6. The van der Waals surface area contributed by atoms with Crippen molar-refractivity contribution in [3.63, 3.8) is 0 Å². The average molecular weight is 352 g/mol. The van der Waals surface area contributed by atoms with Crippen LogP contribution in [0.1, 0.15) is 12.5 Å². The van der Waals surface area contributed by atoms with Crippen LogP contribution in [0, 0.1) is 0 Å². The summed E-state index contributed by atoms with van der Waals surface area (Å²) in [6.07, 6.45) is 0. The number of rotatable bonds is 5. The van der Waals surface area contributed by atoms with Crippen molar-refractivity contribution in [1.82, 2.24) is 9.66 Å². The van der Waals surface area contributed by atoms with Crippen LogP contribution in [0.3, 0.4) is 0 Å². The van der Waals surface area contributed by atoms with Crippen molar-refractivity contribution in [1.29, 1.82) is 0 Å². The quantitative estimate of drug-likeness (QED) is 0.532. The van der Waals surface area contributed by atoms with Crippen molar-refractivity contribution in [2.75, 3.05) is 12.0 Å². The fraction of sp³-hybridized carbons (Fsp3) is 0.111. The second kappa shape index (κ2) is 7.47. The van der Waals surface area contributed by atoms with E-state index < -0.39 is 23.8 Å². The van der Waals surface area contributed by atoms with Crippen LogP contribution in [0.15, 0.2) is 69.3 Å². The van der Waals surface area contributed by atoms with E-state index in [1.165, 1.54) is 0 Å². The molecule has 0 unspecified atom stereocenters. The Kier molecular flexibility index (Phi) is 4.93. The second-order valence-electron chi connectivity index (χ2n) is 5.47. The Morgan fingerprint density at radius 3 is 2.58 bits per heavy atom. The van der Waals surface area contributed by atoms with E-state index in [-0.39, 0.29) is 5.39 Å². The first-order valence-corrected chi connectivity index (χ1v) is 7.82. The lowest BCUT2D eigenvalue weighted by atomic mass is 10.1. The summed E-state index contributed by atoms with van der Waals surface area (Å²) in [6.45, 7) is 1.30. The summed E-state index contributed by atoms with van der Waals surface area (Å²) in [5.41, 5.74) is 2.69. The highest BCUT2D eigenvalue weighted by atomic mass is 16.6. The summed E-state index contributed by atoms with van der Waals surface area (Å²) in [5, 5.41) is 4.14. The molecule has 0 bridgehead atoms. The van der Waals surface area contributed by atoms with E-state index >= 15 is 0 Å². The molecule has 1 heterocycles. The molecule has 0 saturated heterocycles. The van der Waals surface area contributed by atoms with E-state index in [0.717, 1.165) is 5.56 Å². The van der Waals surface area contributed by atoms with E-state index in [9.17, 15) is 14.4 Å². The normalized spacial score (nSPS) is 11.3. The van der Waals surface area contributed by atoms with Crippen LogP contribution in [-0.4, -0.2) is 27.9 Å². The summed E-state index contributed by atoms with van der Waals surface area (Å²) in [5.74, 6) is -0.683. The van der Waals surface area contributed by atoms with Gasteiger partial charge in [-0.05, 0) is 24.6 Å². The molecule has 0 spiro atoms. The Labute approximate surface area is 147 Å². The number of para-hydroxylation sites is 1. The summed E-state index contributed by atoms with van der Waals surface area (Å²) >= 11 is 0. The van der Waals surface area contributed by atoms with Gasteiger partial charge in [0.25, 0.3) is 11.5 Å². The first kappa shape index (κ1) is 17.2. The SMILES string of the molecule is C/C(=N/OCC(=O)Nn1c(=O)[nH]c2ccccc2c1=O)c1ccccc1. The first-order valence-electron chi connectivity index (χ1n) is 7.82. The minimum absolute atomic E-state index is 0.284. The van der Waals surface area contributed by atoms with Gasteiger partial charge in [0.05, 0.1) is 16.6 Å². The molecule has 0 fully saturated rings. The highest BCUT2D eigenvalue weighted by Gasteiger charge is 2.10. The van der Waals surface area contributed by atoms with E-state index in [0.29, 0.717) is 15.9 Å². The average Bonchev–Trinajstić information content (AvgIpc) is 2.66. The molecule has 8 nitrogen and oxygen atoms in total. The molecule has 26 heavy (non-hydrogen) atoms. The predicted molar refractivity (Wildman–Crippen MR) is 97.8 cm³/mol. The van der Waals surface area contributed by atoms with Crippen molar-refractivity contribution in [3.05, 3.63) is 81.0 Å². The number of hydrogen-bond donors (Lipinski definition) is 2. The molecule has 8 heteroatoms. The zero-order valence-corrected chi connectivity index (χ0v) is 13.9. The van der Waals surface area contributed by atoms with Crippen LogP contribution in [0.5, 0.6) is 0 Å². The standard InChI is InChI=1S/C18H16N4O4/c1-12(13-7-3-2-4-8-13)21-26-11-16(23)20-22-17(24)14-9-5-6-10-15(14)19-18(22)25/h2-10H,11H2,1H3,(H,19,25)(H,20,23)/b21-12-. The monoisotopic (exact) mass is 352 g/mol. The summed E-state index contributed by atoms with van der Waals surface area (Å²) < 4.78 is 0.613. The van der Waals surface area contributed by atoms with Gasteiger partial charge in [-0.25, -0.2) is 4.79 Å².